The number of nitrogens with one attached hydrogen (secondary N) is 1. The van der Waals surface area contributed by atoms with Gasteiger partial charge in [-0.2, -0.15) is 0 Å². The van der Waals surface area contributed by atoms with Crippen molar-refractivity contribution in [1.82, 2.24) is 19.9 Å². The van der Waals surface area contributed by atoms with Crippen LogP contribution in [0.2, 0.25) is 0 Å². The fourth-order valence-electron chi connectivity index (χ4n) is 3.51. The largest absolute Gasteiger partial charge is 0.367 e. The molecule has 142 valence electrons. The fourth-order valence-corrected chi connectivity index (χ4v) is 3.51. The SMILES string of the molecule is CC(Nc1ccc(C(=O)N2CCCN(c3ncccn3)CC2)cn1)C1CC1. The summed E-state index contributed by atoms with van der Waals surface area (Å²) in [7, 11) is 0. The molecule has 0 spiro atoms. The van der Waals surface area contributed by atoms with E-state index in [1.54, 1.807) is 18.6 Å². The Labute approximate surface area is 159 Å². The molecule has 1 saturated carbocycles. The third-order valence-electron chi connectivity index (χ3n) is 5.33. The van der Waals surface area contributed by atoms with Crippen LogP contribution in [0.25, 0.3) is 0 Å². The molecule has 1 N–H and O–H groups in total. The number of amides is 1. The number of anilines is 2. The van der Waals surface area contributed by atoms with Gasteiger partial charge in [0.1, 0.15) is 5.82 Å². The zero-order chi connectivity index (χ0) is 18.6. The predicted octanol–water partition coefficient (Wildman–Crippen LogP) is 2.43. The first-order valence-electron chi connectivity index (χ1n) is 9.74. The van der Waals surface area contributed by atoms with Crippen molar-refractivity contribution in [3.05, 3.63) is 42.4 Å². The average molecular weight is 366 g/mol. The summed E-state index contributed by atoms with van der Waals surface area (Å²) in [6, 6.07) is 6.04. The van der Waals surface area contributed by atoms with Crippen LogP contribution in [0, 0.1) is 5.92 Å². The van der Waals surface area contributed by atoms with Crippen molar-refractivity contribution in [2.75, 3.05) is 36.4 Å². The summed E-state index contributed by atoms with van der Waals surface area (Å²) in [5.74, 6) is 2.38. The minimum Gasteiger partial charge on any atom is -0.367 e. The lowest BCUT2D eigenvalue weighted by atomic mass is 10.2. The van der Waals surface area contributed by atoms with Gasteiger partial charge < -0.3 is 15.1 Å². The lowest BCUT2D eigenvalue weighted by Crippen LogP contribution is -2.35. The van der Waals surface area contributed by atoms with Crippen molar-refractivity contribution in [2.24, 2.45) is 5.92 Å². The maximum Gasteiger partial charge on any atom is 0.255 e. The monoisotopic (exact) mass is 366 g/mol. The van der Waals surface area contributed by atoms with E-state index < -0.39 is 0 Å². The van der Waals surface area contributed by atoms with E-state index in [0.717, 1.165) is 43.7 Å². The van der Waals surface area contributed by atoms with E-state index in [0.29, 0.717) is 18.2 Å². The highest BCUT2D eigenvalue weighted by Crippen LogP contribution is 2.33. The highest BCUT2D eigenvalue weighted by atomic mass is 16.2. The molecule has 7 nitrogen and oxygen atoms in total. The van der Waals surface area contributed by atoms with E-state index in [9.17, 15) is 4.79 Å². The Bertz CT molecular complexity index is 762. The quantitative estimate of drug-likeness (QED) is 0.876. The molecular formula is C20H26N6O. The number of rotatable bonds is 5. The van der Waals surface area contributed by atoms with Crippen LogP contribution in [0.4, 0.5) is 11.8 Å². The van der Waals surface area contributed by atoms with E-state index in [2.05, 4.69) is 32.1 Å². The van der Waals surface area contributed by atoms with Gasteiger partial charge in [0.25, 0.3) is 5.91 Å². The molecule has 2 aromatic rings. The Morgan fingerprint density at radius 3 is 2.63 bits per heavy atom. The lowest BCUT2D eigenvalue weighted by molar-refractivity contribution is 0.0766. The highest BCUT2D eigenvalue weighted by Gasteiger charge is 2.28. The maximum absolute atomic E-state index is 12.9. The first kappa shape index (κ1) is 17.7. The van der Waals surface area contributed by atoms with Crippen molar-refractivity contribution < 1.29 is 4.79 Å². The molecule has 0 aromatic carbocycles. The molecule has 1 saturated heterocycles. The molecule has 1 aliphatic heterocycles. The predicted molar refractivity (Wildman–Crippen MR) is 105 cm³/mol. The number of carbonyl (C=O) groups is 1. The van der Waals surface area contributed by atoms with Crippen LogP contribution in [-0.2, 0) is 0 Å². The molecule has 3 heterocycles. The smallest absolute Gasteiger partial charge is 0.255 e. The van der Waals surface area contributed by atoms with Crippen LogP contribution in [0.15, 0.2) is 36.8 Å². The van der Waals surface area contributed by atoms with Gasteiger partial charge in [-0.15, -0.1) is 0 Å². The van der Waals surface area contributed by atoms with Crippen molar-refractivity contribution in [1.29, 1.82) is 0 Å². The molecule has 1 aliphatic carbocycles. The van der Waals surface area contributed by atoms with E-state index in [1.807, 2.05) is 23.1 Å². The molecule has 1 atom stereocenters. The molecule has 1 amide bonds. The summed E-state index contributed by atoms with van der Waals surface area (Å²) in [6.45, 7) is 5.18. The van der Waals surface area contributed by atoms with Crippen LogP contribution in [0.5, 0.6) is 0 Å². The molecule has 1 unspecified atom stereocenters. The summed E-state index contributed by atoms with van der Waals surface area (Å²) >= 11 is 0. The number of carbonyl (C=O) groups excluding carboxylic acids is 1. The second-order valence-corrected chi connectivity index (χ2v) is 7.38. The first-order valence-corrected chi connectivity index (χ1v) is 9.74. The van der Waals surface area contributed by atoms with Crippen LogP contribution in [0.3, 0.4) is 0 Å². The number of hydrogen-bond donors (Lipinski definition) is 1. The lowest BCUT2D eigenvalue weighted by Gasteiger charge is -2.22. The Morgan fingerprint density at radius 2 is 1.93 bits per heavy atom. The van der Waals surface area contributed by atoms with Gasteiger partial charge in [-0.3, -0.25) is 4.79 Å². The highest BCUT2D eigenvalue weighted by molar-refractivity contribution is 5.94. The number of pyridine rings is 1. The average Bonchev–Trinajstić information content (AvgIpc) is 3.55. The van der Waals surface area contributed by atoms with E-state index in [-0.39, 0.29) is 5.91 Å². The Balaban J connectivity index is 1.36. The van der Waals surface area contributed by atoms with Gasteiger partial charge in [0, 0.05) is 50.8 Å². The minimum absolute atomic E-state index is 0.0418. The fraction of sp³-hybridized carbons (Fsp3) is 0.500. The van der Waals surface area contributed by atoms with Gasteiger partial charge in [-0.1, -0.05) is 0 Å². The third-order valence-corrected chi connectivity index (χ3v) is 5.33. The van der Waals surface area contributed by atoms with Crippen molar-refractivity contribution in [3.63, 3.8) is 0 Å². The van der Waals surface area contributed by atoms with Crippen LogP contribution in [-0.4, -0.2) is 58.0 Å². The van der Waals surface area contributed by atoms with Gasteiger partial charge in [-0.25, -0.2) is 15.0 Å². The van der Waals surface area contributed by atoms with E-state index in [4.69, 9.17) is 0 Å². The summed E-state index contributed by atoms with van der Waals surface area (Å²) in [5, 5.41) is 3.43. The topological polar surface area (TPSA) is 74.2 Å². The molecule has 7 heteroatoms. The van der Waals surface area contributed by atoms with Gasteiger partial charge in [0.05, 0.1) is 5.56 Å². The van der Waals surface area contributed by atoms with Crippen molar-refractivity contribution >= 4 is 17.7 Å². The van der Waals surface area contributed by atoms with E-state index >= 15 is 0 Å². The van der Waals surface area contributed by atoms with Gasteiger partial charge >= 0.3 is 0 Å². The number of hydrogen-bond acceptors (Lipinski definition) is 6. The van der Waals surface area contributed by atoms with Crippen LogP contribution < -0.4 is 10.2 Å². The molecule has 2 aliphatic rings. The van der Waals surface area contributed by atoms with E-state index in [1.165, 1.54) is 12.8 Å². The second-order valence-electron chi connectivity index (χ2n) is 7.38. The van der Waals surface area contributed by atoms with Gasteiger partial charge in [0.15, 0.2) is 0 Å². The standard InChI is InChI=1S/C20H26N6O/c1-15(16-4-5-16)24-18-7-6-17(14-23-18)19(27)25-10-3-11-26(13-12-25)20-21-8-2-9-22-20/h2,6-9,14-16H,3-5,10-13H2,1H3,(H,23,24). The van der Waals surface area contributed by atoms with Gasteiger partial charge in [0.2, 0.25) is 5.95 Å². The summed E-state index contributed by atoms with van der Waals surface area (Å²) in [6.07, 6.45) is 8.68. The summed E-state index contributed by atoms with van der Waals surface area (Å²) in [5.41, 5.74) is 0.643. The zero-order valence-corrected chi connectivity index (χ0v) is 15.7. The Morgan fingerprint density at radius 1 is 1.11 bits per heavy atom. The Kier molecular flexibility index (Phi) is 5.18. The zero-order valence-electron chi connectivity index (χ0n) is 15.7. The van der Waals surface area contributed by atoms with Crippen LogP contribution in [0.1, 0.15) is 36.5 Å². The molecule has 2 aromatic heterocycles. The van der Waals surface area contributed by atoms with Crippen LogP contribution >= 0.6 is 0 Å². The number of nitrogens with zero attached hydrogens (tertiary/aromatic N) is 5. The molecule has 27 heavy (non-hydrogen) atoms. The molecule has 0 bridgehead atoms. The number of aromatic nitrogens is 3. The summed E-state index contributed by atoms with van der Waals surface area (Å²) in [4.78, 5) is 30.0. The molecule has 0 radical (unpaired) electrons. The minimum atomic E-state index is 0.0418. The molecular weight excluding hydrogens is 340 g/mol. The van der Waals surface area contributed by atoms with Gasteiger partial charge in [-0.05, 0) is 50.3 Å². The first-order chi connectivity index (χ1) is 13.2. The van der Waals surface area contributed by atoms with Crippen molar-refractivity contribution in [3.8, 4) is 0 Å². The maximum atomic E-state index is 12.9. The third kappa shape index (κ3) is 4.35. The Hall–Kier alpha value is -2.70. The molecule has 2 fully saturated rings. The second kappa shape index (κ2) is 7.90. The van der Waals surface area contributed by atoms with Crippen molar-refractivity contribution in [2.45, 2.75) is 32.2 Å². The summed E-state index contributed by atoms with van der Waals surface area (Å²) < 4.78 is 0. The normalized spacial score (nSPS) is 18.7. The molecule has 4 rings (SSSR count).